The van der Waals surface area contributed by atoms with E-state index in [-0.39, 0.29) is 41.0 Å². The molecule has 0 spiro atoms. The third-order valence-corrected chi connectivity index (χ3v) is 9.74. The summed E-state index contributed by atoms with van der Waals surface area (Å²) in [6.45, 7) is 1.48. The average molecular weight is 508 g/mol. The monoisotopic (exact) mass is 507 g/mol. The van der Waals surface area contributed by atoms with Crippen LogP contribution in [-0.4, -0.2) is 46.4 Å². The SMILES string of the molecule is C#CCOc1cnc(C(=O)Nc2cc(F)c(F)c([C@@]3(C)N=C(N)S[C@@]4(S(C)(=O)=O)CC43)c2)cn1. The minimum atomic E-state index is -3.58. The van der Waals surface area contributed by atoms with Crippen molar-refractivity contribution in [2.75, 3.05) is 18.2 Å². The normalized spacial score (nSPS) is 25.5. The molecular formula is C21H19F2N5O4S2. The van der Waals surface area contributed by atoms with E-state index in [2.05, 4.69) is 26.2 Å². The molecule has 0 saturated heterocycles. The number of amides is 1. The summed E-state index contributed by atoms with van der Waals surface area (Å²) in [5, 5.41) is 2.40. The number of aliphatic imine (C=N–C) groups is 1. The third kappa shape index (κ3) is 3.97. The first-order chi connectivity index (χ1) is 15.9. The number of aromatic nitrogens is 2. The van der Waals surface area contributed by atoms with Gasteiger partial charge in [0.05, 0.1) is 17.9 Å². The Morgan fingerprint density at radius 3 is 2.74 bits per heavy atom. The Kier molecular flexibility index (Phi) is 5.77. The second kappa shape index (κ2) is 8.21. The Bertz CT molecular complexity index is 1360. The molecule has 2 heterocycles. The fraction of sp³-hybridized carbons (Fsp3) is 0.333. The molecule has 3 N–H and O–H groups in total. The van der Waals surface area contributed by atoms with E-state index in [4.69, 9.17) is 16.9 Å². The van der Waals surface area contributed by atoms with Gasteiger partial charge in [-0.1, -0.05) is 17.7 Å². The van der Waals surface area contributed by atoms with E-state index in [9.17, 15) is 22.0 Å². The number of carbonyl (C=O) groups excluding carboxylic acids is 1. The highest BCUT2D eigenvalue weighted by molar-refractivity contribution is 8.24. The number of hydrogen-bond acceptors (Lipinski definition) is 9. The molecule has 9 nitrogen and oxygen atoms in total. The molecule has 0 bridgehead atoms. The van der Waals surface area contributed by atoms with Gasteiger partial charge in [-0.15, -0.1) is 6.42 Å². The van der Waals surface area contributed by atoms with Crippen LogP contribution in [0.4, 0.5) is 14.5 Å². The van der Waals surface area contributed by atoms with Crippen molar-refractivity contribution >= 4 is 38.4 Å². The van der Waals surface area contributed by atoms with Gasteiger partial charge in [0, 0.05) is 29.5 Å². The highest BCUT2D eigenvalue weighted by Gasteiger charge is 2.72. The van der Waals surface area contributed by atoms with Gasteiger partial charge in [-0.25, -0.2) is 27.2 Å². The minimum Gasteiger partial charge on any atom is -0.463 e. The second-order valence-electron chi connectivity index (χ2n) is 8.05. The molecule has 1 aromatic carbocycles. The van der Waals surface area contributed by atoms with Crippen LogP contribution in [0.5, 0.6) is 5.88 Å². The summed E-state index contributed by atoms with van der Waals surface area (Å²) >= 11 is 0.912. The van der Waals surface area contributed by atoms with Crippen molar-refractivity contribution in [1.82, 2.24) is 9.97 Å². The molecule has 1 aliphatic carbocycles. The number of terminal acetylenes is 1. The molecule has 1 amide bonds. The van der Waals surface area contributed by atoms with Crippen LogP contribution in [0.2, 0.25) is 0 Å². The van der Waals surface area contributed by atoms with E-state index in [1.807, 2.05) is 0 Å². The maximum absolute atomic E-state index is 15.0. The quantitative estimate of drug-likeness (QED) is 0.567. The number of nitrogens with two attached hydrogens (primary N) is 1. The summed E-state index contributed by atoms with van der Waals surface area (Å²) < 4.78 is 58.2. The summed E-state index contributed by atoms with van der Waals surface area (Å²) in [6.07, 6.45) is 8.68. The highest BCUT2D eigenvalue weighted by Crippen LogP contribution is 2.68. The van der Waals surface area contributed by atoms with E-state index < -0.39 is 42.9 Å². The largest absolute Gasteiger partial charge is 0.463 e. The smallest absolute Gasteiger partial charge is 0.275 e. The fourth-order valence-corrected chi connectivity index (χ4v) is 7.34. The van der Waals surface area contributed by atoms with Gasteiger partial charge < -0.3 is 15.8 Å². The number of carbonyl (C=O) groups is 1. The van der Waals surface area contributed by atoms with Crippen molar-refractivity contribution < 1.29 is 26.7 Å². The van der Waals surface area contributed by atoms with Crippen molar-refractivity contribution in [2.24, 2.45) is 16.6 Å². The molecular weight excluding hydrogens is 488 g/mol. The Hall–Kier alpha value is -3.24. The summed E-state index contributed by atoms with van der Waals surface area (Å²) in [6, 6.07) is 2.02. The molecule has 178 valence electrons. The molecule has 1 saturated carbocycles. The first-order valence-corrected chi connectivity index (χ1v) is 12.5. The van der Waals surface area contributed by atoms with Gasteiger partial charge in [-0.05, 0) is 19.4 Å². The van der Waals surface area contributed by atoms with Gasteiger partial charge >= 0.3 is 0 Å². The Balaban J connectivity index is 1.65. The lowest BCUT2D eigenvalue weighted by Crippen LogP contribution is -2.39. The maximum atomic E-state index is 15.0. The molecule has 2 aliphatic rings. The van der Waals surface area contributed by atoms with Gasteiger partial charge in [0.15, 0.2) is 33.2 Å². The molecule has 13 heteroatoms. The zero-order valence-electron chi connectivity index (χ0n) is 18.0. The van der Waals surface area contributed by atoms with Gasteiger partial charge in [0.2, 0.25) is 5.88 Å². The van der Waals surface area contributed by atoms with Crippen molar-refractivity contribution in [1.29, 1.82) is 0 Å². The van der Waals surface area contributed by atoms with E-state index in [1.54, 1.807) is 0 Å². The van der Waals surface area contributed by atoms with Crippen molar-refractivity contribution in [3.05, 3.63) is 47.4 Å². The van der Waals surface area contributed by atoms with E-state index in [0.717, 1.165) is 30.3 Å². The van der Waals surface area contributed by atoms with Crippen LogP contribution in [0, 0.1) is 29.9 Å². The van der Waals surface area contributed by atoms with E-state index >= 15 is 0 Å². The van der Waals surface area contributed by atoms with Crippen LogP contribution in [0.1, 0.15) is 29.4 Å². The number of benzene rings is 1. The van der Waals surface area contributed by atoms with Crippen molar-refractivity contribution in [3.8, 4) is 18.2 Å². The van der Waals surface area contributed by atoms with Crippen molar-refractivity contribution in [3.63, 3.8) is 0 Å². The van der Waals surface area contributed by atoms with Crippen LogP contribution in [-0.2, 0) is 15.4 Å². The van der Waals surface area contributed by atoms with E-state index in [0.29, 0.717) is 0 Å². The standard InChI is InChI=1S/C21H19F2N5O4S2/c1-4-5-32-16-10-25-14(9-26-16)18(29)27-11-6-12(17(23)13(22)7-11)20(2)15-8-21(15,34(3,30)31)33-19(24)28-20/h1,6-7,9-10,15H,5,8H2,2-3H3,(H2,24,28)(H,27,29)/t15?,20-,21-/m1/s1. The molecule has 1 fully saturated rings. The lowest BCUT2D eigenvalue weighted by molar-refractivity contribution is 0.102. The topological polar surface area (TPSA) is 137 Å². The van der Waals surface area contributed by atoms with E-state index in [1.165, 1.54) is 19.2 Å². The molecule has 1 unspecified atom stereocenters. The molecule has 3 atom stereocenters. The Morgan fingerprint density at radius 1 is 1.38 bits per heavy atom. The molecule has 1 aliphatic heterocycles. The van der Waals surface area contributed by atoms with Crippen LogP contribution in [0.3, 0.4) is 0 Å². The second-order valence-corrected chi connectivity index (χ2v) is 11.9. The summed E-state index contributed by atoms with van der Waals surface area (Å²) in [4.78, 5) is 24.7. The van der Waals surface area contributed by atoms with Crippen LogP contribution in [0.15, 0.2) is 29.5 Å². The predicted molar refractivity (Wildman–Crippen MR) is 123 cm³/mol. The molecule has 1 aromatic heterocycles. The third-order valence-electron chi connectivity index (χ3n) is 5.78. The fourth-order valence-electron chi connectivity index (χ4n) is 4.05. The van der Waals surface area contributed by atoms with Crippen molar-refractivity contribution in [2.45, 2.75) is 23.0 Å². The molecule has 0 radical (unpaired) electrons. The number of ether oxygens (including phenoxy) is 1. The lowest BCUT2D eigenvalue weighted by Gasteiger charge is -2.33. The Labute approximate surface area is 198 Å². The molecule has 34 heavy (non-hydrogen) atoms. The van der Waals surface area contributed by atoms with Crippen LogP contribution >= 0.6 is 11.8 Å². The zero-order chi connectivity index (χ0) is 24.9. The number of rotatable bonds is 6. The first kappa shape index (κ1) is 23.9. The number of nitrogens with one attached hydrogen (secondary N) is 1. The molecule has 4 rings (SSSR count). The highest BCUT2D eigenvalue weighted by atomic mass is 32.3. The number of sulfone groups is 1. The Morgan fingerprint density at radius 2 is 2.12 bits per heavy atom. The number of hydrogen-bond donors (Lipinski definition) is 2. The number of fused-ring (bicyclic) bond motifs is 1. The summed E-state index contributed by atoms with van der Waals surface area (Å²) in [5.74, 6) is -1.43. The number of amidine groups is 1. The average Bonchev–Trinajstić information content (AvgIpc) is 3.52. The van der Waals surface area contributed by atoms with Gasteiger partial charge in [0.25, 0.3) is 5.91 Å². The summed E-state index contributed by atoms with van der Waals surface area (Å²) in [5.41, 5.74) is 4.04. The zero-order valence-corrected chi connectivity index (χ0v) is 19.6. The van der Waals surface area contributed by atoms with Gasteiger partial charge in [-0.2, -0.15) is 0 Å². The van der Waals surface area contributed by atoms with Crippen LogP contribution < -0.4 is 15.8 Å². The minimum absolute atomic E-state index is 0.0241. The maximum Gasteiger partial charge on any atom is 0.275 e. The molecule has 2 aromatic rings. The van der Waals surface area contributed by atoms with Gasteiger partial charge in [-0.3, -0.25) is 9.79 Å². The lowest BCUT2D eigenvalue weighted by atomic mass is 9.86. The number of nitrogens with zero attached hydrogens (tertiary/aromatic N) is 3. The van der Waals surface area contributed by atoms with Crippen LogP contribution in [0.25, 0.3) is 0 Å². The van der Waals surface area contributed by atoms with Gasteiger partial charge in [0.1, 0.15) is 9.77 Å². The number of thioether (sulfide) groups is 1. The first-order valence-electron chi connectivity index (χ1n) is 9.84. The predicted octanol–water partition coefficient (Wildman–Crippen LogP) is 2.06. The number of anilines is 1. The number of halogens is 2. The summed E-state index contributed by atoms with van der Waals surface area (Å²) in [7, 11) is -3.58.